The Morgan fingerprint density at radius 1 is 1.20 bits per heavy atom. The van der Waals surface area contributed by atoms with E-state index in [2.05, 4.69) is 5.32 Å². The highest BCUT2D eigenvalue weighted by Crippen LogP contribution is 2.29. The number of carbonyl (C=O) groups is 3. The molecule has 3 amide bonds. The van der Waals surface area contributed by atoms with Gasteiger partial charge in [-0.1, -0.05) is 11.6 Å². The maximum Gasteiger partial charge on any atom is 0.271 e. The van der Waals surface area contributed by atoms with E-state index < -0.39 is 22.6 Å². The number of rotatable bonds is 5. The number of benzene rings is 2. The van der Waals surface area contributed by atoms with Gasteiger partial charge in [0.25, 0.3) is 23.4 Å². The van der Waals surface area contributed by atoms with Crippen LogP contribution in [0, 0.1) is 10.1 Å². The molecule has 0 bridgehead atoms. The number of non-ortho nitro benzene ring substituents is 1. The van der Waals surface area contributed by atoms with Crippen LogP contribution >= 0.6 is 11.6 Å². The third kappa shape index (κ3) is 3.64. The minimum absolute atomic E-state index is 0.0683. The first-order valence-electron chi connectivity index (χ1n) is 9.22. The van der Waals surface area contributed by atoms with Gasteiger partial charge in [0.05, 0.1) is 39.4 Å². The van der Waals surface area contributed by atoms with Crippen LogP contribution in [0.5, 0.6) is 0 Å². The van der Waals surface area contributed by atoms with Crippen molar-refractivity contribution in [2.75, 3.05) is 18.5 Å². The maximum absolute atomic E-state index is 12.7. The van der Waals surface area contributed by atoms with E-state index in [4.69, 9.17) is 16.3 Å². The summed E-state index contributed by atoms with van der Waals surface area (Å²) in [4.78, 5) is 49.4. The number of nitrogens with one attached hydrogen (secondary N) is 1. The number of amides is 3. The van der Waals surface area contributed by atoms with E-state index in [-0.39, 0.29) is 45.7 Å². The predicted octanol–water partition coefficient (Wildman–Crippen LogP) is 3.28. The molecular weight excluding hydrogens is 414 g/mol. The molecule has 2 heterocycles. The lowest BCUT2D eigenvalue weighted by Gasteiger charge is -2.17. The van der Waals surface area contributed by atoms with E-state index in [9.17, 15) is 24.5 Å². The average Bonchev–Trinajstić information content (AvgIpc) is 3.32. The fraction of sp³-hybridized carbons (Fsp3) is 0.250. The van der Waals surface area contributed by atoms with Crippen molar-refractivity contribution in [1.82, 2.24) is 4.90 Å². The van der Waals surface area contributed by atoms with Gasteiger partial charge >= 0.3 is 0 Å². The molecule has 0 spiro atoms. The summed E-state index contributed by atoms with van der Waals surface area (Å²) < 4.78 is 5.51. The number of ether oxygens (including phenoxy) is 1. The van der Waals surface area contributed by atoms with E-state index >= 15 is 0 Å². The molecule has 2 aromatic rings. The topological polar surface area (TPSA) is 119 Å². The van der Waals surface area contributed by atoms with Gasteiger partial charge in [-0.2, -0.15) is 0 Å². The number of nitro benzene ring substituents is 1. The van der Waals surface area contributed by atoms with Crippen LogP contribution in [0.15, 0.2) is 36.4 Å². The third-order valence-electron chi connectivity index (χ3n) is 5.05. The summed E-state index contributed by atoms with van der Waals surface area (Å²) in [6.45, 7) is 0.787. The first-order valence-corrected chi connectivity index (χ1v) is 9.60. The van der Waals surface area contributed by atoms with E-state index in [0.717, 1.165) is 23.8 Å². The van der Waals surface area contributed by atoms with Crippen molar-refractivity contribution in [3.05, 3.63) is 68.2 Å². The molecule has 1 atom stereocenters. The van der Waals surface area contributed by atoms with Crippen LogP contribution in [0.3, 0.4) is 0 Å². The van der Waals surface area contributed by atoms with Gasteiger partial charge in [-0.3, -0.25) is 29.4 Å². The molecule has 1 N–H and O–H groups in total. The molecule has 0 aromatic heterocycles. The zero-order chi connectivity index (χ0) is 21.4. The minimum atomic E-state index is -0.613. The molecule has 2 aliphatic heterocycles. The van der Waals surface area contributed by atoms with Crippen molar-refractivity contribution in [2.45, 2.75) is 18.9 Å². The van der Waals surface area contributed by atoms with Crippen LogP contribution < -0.4 is 5.32 Å². The molecule has 2 aliphatic rings. The lowest BCUT2D eigenvalue weighted by molar-refractivity contribution is -0.384. The maximum atomic E-state index is 12.7. The average molecular weight is 430 g/mol. The second-order valence-electron chi connectivity index (χ2n) is 6.99. The smallest absolute Gasteiger partial charge is 0.271 e. The molecule has 2 aromatic carbocycles. The quantitative estimate of drug-likeness (QED) is 0.442. The molecule has 4 rings (SSSR count). The third-order valence-corrected chi connectivity index (χ3v) is 5.38. The second kappa shape index (κ2) is 7.85. The Morgan fingerprint density at radius 3 is 2.67 bits per heavy atom. The normalized spacial score (nSPS) is 17.9. The number of hydrogen-bond acceptors (Lipinski definition) is 6. The minimum Gasteiger partial charge on any atom is -0.376 e. The first-order chi connectivity index (χ1) is 14.3. The summed E-state index contributed by atoms with van der Waals surface area (Å²) in [5.41, 5.74) is 0.322. The number of hydrogen-bond donors (Lipinski definition) is 1. The van der Waals surface area contributed by atoms with Crippen LogP contribution in [0.1, 0.15) is 43.9 Å². The Labute approximate surface area is 175 Å². The van der Waals surface area contributed by atoms with Crippen molar-refractivity contribution in [3.8, 4) is 0 Å². The van der Waals surface area contributed by atoms with Crippen molar-refractivity contribution in [2.24, 2.45) is 0 Å². The van der Waals surface area contributed by atoms with Gasteiger partial charge < -0.3 is 10.1 Å². The van der Waals surface area contributed by atoms with Crippen LogP contribution in [-0.4, -0.2) is 46.8 Å². The largest absolute Gasteiger partial charge is 0.376 e. The summed E-state index contributed by atoms with van der Waals surface area (Å²) in [5, 5.41) is 13.6. The Bertz CT molecular complexity index is 1080. The summed E-state index contributed by atoms with van der Waals surface area (Å²) in [6.07, 6.45) is 1.50. The van der Waals surface area contributed by atoms with Gasteiger partial charge in [0.2, 0.25) is 0 Å². The van der Waals surface area contributed by atoms with Crippen LogP contribution in [0.25, 0.3) is 0 Å². The monoisotopic (exact) mass is 429 g/mol. The van der Waals surface area contributed by atoms with E-state index in [1.807, 2.05) is 0 Å². The fourth-order valence-electron chi connectivity index (χ4n) is 3.51. The number of imide groups is 1. The SMILES string of the molecule is O=C(Nc1cc([N+](=O)[O-])ccc1Cl)c1ccc2c(c1)C(=O)N(CC1CCCO1)C2=O. The van der Waals surface area contributed by atoms with Crippen LogP contribution in [0.4, 0.5) is 11.4 Å². The van der Waals surface area contributed by atoms with Crippen LogP contribution in [0.2, 0.25) is 5.02 Å². The second-order valence-corrected chi connectivity index (χ2v) is 7.40. The van der Waals surface area contributed by atoms with E-state index in [1.165, 1.54) is 30.3 Å². The Morgan fingerprint density at radius 2 is 1.97 bits per heavy atom. The van der Waals surface area contributed by atoms with Gasteiger partial charge in [0.1, 0.15) is 0 Å². The van der Waals surface area contributed by atoms with E-state index in [1.54, 1.807) is 0 Å². The molecule has 154 valence electrons. The predicted molar refractivity (Wildman–Crippen MR) is 107 cm³/mol. The molecule has 1 saturated heterocycles. The Kier molecular flexibility index (Phi) is 5.23. The summed E-state index contributed by atoms with van der Waals surface area (Å²) in [6, 6.07) is 7.86. The lowest BCUT2D eigenvalue weighted by atomic mass is 10.1. The van der Waals surface area contributed by atoms with Gasteiger partial charge in [-0.25, -0.2) is 0 Å². The number of carbonyl (C=O) groups excluding carboxylic acids is 3. The highest BCUT2D eigenvalue weighted by molar-refractivity contribution is 6.34. The number of nitrogens with zero attached hydrogens (tertiary/aromatic N) is 2. The Hall–Kier alpha value is -3.30. The zero-order valence-corrected chi connectivity index (χ0v) is 16.3. The zero-order valence-electron chi connectivity index (χ0n) is 15.6. The van der Waals surface area contributed by atoms with Gasteiger partial charge in [-0.15, -0.1) is 0 Å². The molecule has 0 saturated carbocycles. The molecule has 0 aliphatic carbocycles. The molecule has 1 unspecified atom stereocenters. The Balaban J connectivity index is 1.55. The number of anilines is 1. The number of halogens is 1. The summed E-state index contributed by atoms with van der Waals surface area (Å²) in [5.74, 6) is -1.51. The molecular formula is C20H16ClN3O6. The standard InChI is InChI=1S/C20H16ClN3O6/c21-16-6-4-12(24(28)29)9-17(16)22-18(25)11-3-5-14-15(8-11)20(27)23(19(14)26)10-13-2-1-7-30-13/h3-6,8-9,13H,1-2,7,10H2,(H,22,25). The summed E-state index contributed by atoms with van der Waals surface area (Å²) >= 11 is 6.01. The van der Waals surface area contributed by atoms with E-state index in [0.29, 0.717) is 6.61 Å². The van der Waals surface area contributed by atoms with Crippen LogP contribution in [-0.2, 0) is 4.74 Å². The fourth-order valence-corrected chi connectivity index (χ4v) is 3.67. The lowest BCUT2D eigenvalue weighted by Crippen LogP contribution is -2.36. The van der Waals surface area contributed by atoms with Crippen molar-refractivity contribution < 1.29 is 24.0 Å². The molecule has 1 fully saturated rings. The number of nitro groups is 1. The highest BCUT2D eigenvalue weighted by atomic mass is 35.5. The van der Waals surface area contributed by atoms with Gasteiger partial charge in [0.15, 0.2) is 0 Å². The first kappa shape index (κ1) is 20.0. The van der Waals surface area contributed by atoms with Crippen molar-refractivity contribution in [3.63, 3.8) is 0 Å². The number of fused-ring (bicyclic) bond motifs is 1. The molecule has 0 radical (unpaired) electrons. The van der Waals surface area contributed by atoms with Crippen molar-refractivity contribution in [1.29, 1.82) is 0 Å². The molecule has 10 heteroatoms. The summed E-state index contributed by atoms with van der Waals surface area (Å²) in [7, 11) is 0. The van der Waals surface area contributed by atoms with Gasteiger partial charge in [0, 0.05) is 24.3 Å². The molecule has 9 nitrogen and oxygen atoms in total. The highest BCUT2D eigenvalue weighted by Gasteiger charge is 2.38. The molecule has 30 heavy (non-hydrogen) atoms. The van der Waals surface area contributed by atoms with Crippen molar-refractivity contribution >= 4 is 40.7 Å². The van der Waals surface area contributed by atoms with Gasteiger partial charge in [-0.05, 0) is 37.1 Å².